The van der Waals surface area contributed by atoms with Gasteiger partial charge in [-0.25, -0.2) is 9.79 Å². The Labute approximate surface area is 138 Å². The van der Waals surface area contributed by atoms with Gasteiger partial charge in [-0.1, -0.05) is 18.7 Å². The molecule has 0 aliphatic carbocycles. The summed E-state index contributed by atoms with van der Waals surface area (Å²) in [5, 5.41) is 0. The van der Waals surface area contributed by atoms with Gasteiger partial charge in [0.2, 0.25) is 0 Å². The maximum atomic E-state index is 11.9. The Kier molecular flexibility index (Phi) is 4.47. The number of carbonyl (C=O) groups excluding carboxylic acids is 1. The monoisotopic (exact) mass is 325 g/mol. The lowest BCUT2D eigenvalue weighted by Gasteiger charge is -2.09. The van der Waals surface area contributed by atoms with Gasteiger partial charge in [0, 0.05) is 0 Å². The van der Waals surface area contributed by atoms with Crippen molar-refractivity contribution >= 4 is 17.9 Å². The van der Waals surface area contributed by atoms with Crippen molar-refractivity contribution in [1.29, 1.82) is 0 Å². The lowest BCUT2D eigenvalue weighted by Crippen LogP contribution is -2.04. The summed E-state index contributed by atoms with van der Waals surface area (Å²) in [6, 6.07) is 8.66. The van der Waals surface area contributed by atoms with E-state index in [-0.39, 0.29) is 11.6 Å². The highest BCUT2D eigenvalue weighted by Crippen LogP contribution is 2.29. The van der Waals surface area contributed by atoms with E-state index in [1.807, 2.05) is 0 Å². The highest BCUT2D eigenvalue weighted by Gasteiger charge is 2.25. The van der Waals surface area contributed by atoms with E-state index in [1.165, 1.54) is 6.26 Å². The van der Waals surface area contributed by atoms with E-state index < -0.39 is 5.97 Å². The number of methoxy groups -OCH3 is 1. The van der Waals surface area contributed by atoms with Gasteiger partial charge in [0.1, 0.15) is 6.61 Å². The lowest BCUT2D eigenvalue weighted by atomic mass is 10.1. The molecule has 0 atom stereocenters. The summed E-state index contributed by atoms with van der Waals surface area (Å²) >= 11 is 0. The zero-order chi connectivity index (χ0) is 16.9. The SMILES string of the molecule is C=CCOc1cc(C=C2N=C(c3ccco3)OC2=O)ccc1OC. The largest absolute Gasteiger partial charge is 0.493 e. The van der Waals surface area contributed by atoms with Crippen molar-refractivity contribution in [2.24, 2.45) is 4.99 Å². The van der Waals surface area contributed by atoms with Crippen LogP contribution >= 0.6 is 0 Å². The molecular formula is C18H15NO5. The van der Waals surface area contributed by atoms with Crippen molar-refractivity contribution in [3.05, 3.63) is 66.3 Å². The number of hydrogen-bond donors (Lipinski definition) is 0. The van der Waals surface area contributed by atoms with Crippen LogP contribution in [0.3, 0.4) is 0 Å². The van der Waals surface area contributed by atoms with Crippen LogP contribution in [0.1, 0.15) is 11.3 Å². The molecule has 0 saturated carbocycles. The van der Waals surface area contributed by atoms with Crippen molar-refractivity contribution in [3.63, 3.8) is 0 Å². The van der Waals surface area contributed by atoms with Gasteiger partial charge in [-0.3, -0.25) is 0 Å². The number of rotatable bonds is 6. The Morgan fingerprint density at radius 1 is 1.29 bits per heavy atom. The molecule has 6 nitrogen and oxygen atoms in total. The summed E-state index contributed by atoms with van der Waals surface area (Å²) in [5.74, 6) is 1.15. The molecule has 0 unspecified atom stereocenters. The molecule has 2 heterocycles. The lowest BCUT2D eigenvalue weighted by molar-refractivity contribution is -0.130. The fourth-order valence-electron chi connectivity index (χ4n) is 2.12. The number of carbonyl (C=O) groups is 1. The number of hydrogen-bond acceptors (Lipinski definition) is 6. The molecule has 122 valence electrons. The van der Waals surface area contributed by atoms with Crippen LogP contribution < -0.4 is 9.47 Å². The zero-order valence-corrected chi connectivity index (χ0v) is 13.0. The Hall–Kier alpha value is -3.28. The van der Waals surface area contributed by atoms with Gasteiger partial charge in [0.05, 0.1) is 13.4 Å². The quantitative estimate of drug-likeness (QED) is 0.463. The molecule has 0 spiro atoms. The maximum Gasteiger partial charge on any atom is 0.363 e. The van der Waals surface area contributed by atoms with Crippen molar-refractivity contribution in [1.82, 2.24) is 0 Å². The van der Waals surface area contributed by atoms with E-state index in [0.717, 1.165) is 5.56 Å². The first-order valence-corrected chi connectivity index (χ1v) is 7.19. The predicted molar refractivity (Wildman–Crippen MR) is 88.0 cm³/mol. The first-order valence-electron chi connectivity index (χ1n) is 7.19. The Morgan fingerprint density at radius 2 is 2.17 bits per heavy atom. The molecule has 6 heteroatoms. The van der Waals surface area contributed by atoms with E-state index in [9.17, 15) is 4.79 Å². The van der Waals surface area contributed by atoms with E-state index >= 15 is 0 Å². The number of esters is 1. The fourth-order valence-corrected chi connectivity index (χ4v) is 2.12. The topological polar surface area (TPSA) is 70.3 Å². The van der Waals surface area contributed by atoms with Crippen molar-refractivity contribution in [3.8, 4) is 11.5 Å². The average molecular weight is 325 g/mol. The molecule has 2 aromatic rings. The minimum atomic E-state index is -0.536. The van der Waals surface area contributed by atoms with Crippen LogP contribution in [0.15, 0.2) is 64.4 Å². The summed E-state index contributed by atoms with van der Waals surface area (Å²) < 4.78 is 21.1. The average Bonchev–Trinajstić information content (AvgIpc) is 3.23. The van der Waals surface area contributed by atoms with Gasteiger partial charge in [-0.2, -0.15) is 0 Å². The summed E-state index contributed by atoms with van der Waals surface area (Å²) in [6.45, 7) is 3.96. The molecule has 1 aliphatic heterocycles. The Balaban J connectivity index is 1.90. The Bertz CT molecular complexity index is 818. The van der Waals surface area contributed by atoms with Crippen molar-refractivity contribution in [2.45, 2.75) is 0 Å². The van der Waals surface area contributed by atoms with E-state index in [1.54, 1.807) is 49.6 Å². The molecule has 0 fully saturated rings. The van der Waals surface area contributed by atoms with Crippen LogP contribution in [0.4, 0.5) is 0 Å². The summed E-state index contributed by atoms with van der Waals surface area (Å²) in [6.07, 6.45) is 4.73. The second kappa shape index (κ2) is 6.87. The zero-order valence-electron chi connectivity index (χ0n) is 13.0. The van der Waals surface area contributed by atoms with E-state index in [0.29, 0.717) is 23.9 Å². The molecule has 1 aromatic heterocycles. The molecule has 24 heavy (non-hydrogen) atoms. The normalized spacial score (nSPS) is 15.1. The van der Waals surface area contributed by atoms with E-state index in [4.69, 9.17) is 18.6 Å². The summed E-state index contributed by atoms with van der Waals surface area (Å²) in [5.41, 5.74) is 0.910. The van der Waals surface area contributed by atoms with Crippen molar-refractivity contribution in [2.75, 3.05) is 13.7 Å². The minimum absolute atomic E-state index is 0.146. The predicted octanol–water partition coefficient (Wildman–Crippen LogP) is 3.20. The number of ether oxygens (including phenoxy) is 3. The second-order valence-electron chi connectivity index (χ2n) is 4.82. The summed E-state index contributed by atoms with van der Waals surface area (Å²) in [4.78, 5) is 16.1. The smallest absolute Gasteiger partial charge is 0.363 e. The van der Waals surface area contributed by atoms with Gasteiger partial charge in [-0.05, 0) is 35.9 Å². The molecule has 0 radical (unpaired) electrons. The highest BCUT2D eigenvalue weighted by molar-refractivity contribution is 6.11. The summed E-state index contributed by atoms with van der Waals surface area (Å²) in [7, 11) is 1.56. The molecule has 0 N–H and O–H groups in total. The molecular weight excluding hydrogens is 310 g/mol. The molecule has 0 amide bonds. The third-order valence-electron chi connectivity index (χ3n) is 3.20. The highest BCUT2D eigenvalue weighted by atomic mass is 16.6. The van der Waals surface area contributed by atoms with Crippen LogP contribution in [0, 0.1) is 0 Å². The van der Waals surface area contributed by atoms with Crippen molar-refractivity contribution < 1.29 is 23.4 Å². The first-order chi connectivity index (χ1) is 11.7. The van der Waals surface area contributed by atoms with Crippen LogP contribution in [0.25, 0.3) is 6.08 Å². The van der Waals surface area contributed by atoms with Crippen LogP contribution in [0.5, 0.6) is 11.5 Å². The van der Waals surface area contributed by atoms with Gasteiger partial charge in [0.15, 0.2) is 23.0 Å². The number of benzene rings is 1. The van der Waals surface area contributed by atoms with E-state index in [2.05, 4.69) is 11.6 Å². The Morgan fingerprint density at radius 3 is 2.88 bits per heavy atom. The first kappa shape index (κ1) is 15.6. The van der Waals surface area contributed by atoms with Crippen LogP contribution in [0.2, 0.25) is 0 Å². The van der Waals surface area contributed by atoms with Crippen LogP contribution in [-0.2, 0) is 9.53 Å². The number of nitrogens with zero attached hydrogens (tertiary/aromatic N) is 1. The fraction of sp³-hybridized carbons (Fsp3) is 0.111. The minimum Gasteiger partial charge on any atom is -0.493 e. The molecule has 0 bridgehead atoms. The number of furan rings is 1. The van der Waals surface area contributed by atoms with Gasteiger partial charge in [-0.15, -0.1) is 0 Å². The third kappa shape index (κ3) is 3.22. The van der Waals surface area contributed by atoms with Gasteiger partial charge in [0.25, 0.3) is 5.90 Å². The van der Waals surface area contributed by atoms with Crippen LogP contribution in [-0.4, -0.2) is 25.6 Å². The number of aliphatic imine (C=N–C) groups is 1. The van der Waals surface area contributed by atoms with Gasteiger partial charge >= 0.3 is 5.97 Å². The maximum absolute atomic E-state index is 11.9. The molecule has 1 aromatic carbocycles. The molecule has 1 aliphatic rings. The molecule has 3 rings (SSSR count). The standard InChI is InChI=1S/C18H15NO5/c1-3-8-22-16-11-12(6-7-14(16)21-2)10-13-18(20)24-17(19-13)15-5-4-9-23-15/h3-7,9-11H,1,8H2,2H3. The second-order valence-corrected chi connectivity index (χ2v) is 4.82. The molecule has 0 saturated heterocycles. The van der Waals surface area contributed by atoms with Gasteiger partial charge < -0.3 is 18.6 Å². The third-order valence-corrected chi connectivity index (χ3v) is 3.20. The number of cyclic esters (lactones) is 1.